The first kappa shape index (κ1) is 21.7. The van der Waals surface area contributed by atoms with Crippen LogP contribution in [0.2, 0.25) is 0 Å². The molecule has 1 aliphatic rings. The van der Waals surface area contributed by atoms with Gasteiger partial charge in [0.25, 0.3) is 0 Å². The van der Waals surface area contributed by atoms with Crippen LogP contribution in [0.15, 0.2) is 41.5 Å². The molecule has 1 saturated heterocycles. The van der Waals surface area contributed by atoms with Crippen LogP contribution in [0.4, 0.5) is 0 Å². The fourth-order valence-corrected chi connectivity index (χ4v) is 3.95. The molecular formula is C23H32N4O3. The van der Waals surface area contributed by atoms with Gasteiger partial charge in [-0.25, -0.2) is 4.98 Å². The van der Waals surface area contributed by atoms with E-state index in [4.69, 9.17) is 14.2 Å². The third-order valence-corrected chi connectivity index (χ3v) is 5.22. The van der Waals surface area contributed by atoms with Crippen molar-refractivity contribution >= 4 is 5.96 Å². The number of piperidine rings is 1. The molecule has 0 spiro atoms. The number of nitrogens with one attached hydrogen (secondary N) is 1. The zero-order valence-electron chi connectivity index (χ0n) is 18.5. The van der Waals surface area contributed by atoms with Gasteiger partial charge in [-0.15, -0.1) is 0 Å². The van der Waals surface area contributed by atoms with Crippen molar-refractivity contribution < 1.29 is 14.2 Å². The van der Waals surface area contributed by atoms with Crippen molar-refractivity contribution in [3.05, 3.63) is 42.1 Å². The van der Waals surface area contributed by atoms with Crippen molar-refractivity contribution in [3.63, 3.8) is 0 Å². The Hall–Kier alpha value is -2.96. The van der Waals surface area contributed by atoms with Crippen molar-refractivity contribution in [1.82, 2.24) is 15.2 Å². The number of pyridine rings is 1. The second-order valence-electron chi connectivity index (χ2n) is 7.85. The molecule has 2 heterocycles. The summed E-state index contributed by atoms with van der Waals surface area (Å²) in [5, 5.41) is 3.46. The third-order valence-electron chi connectivity index (χ3n) is 5.22. The van der Waals surface area contributed by atoms with Crippen LogP contribution in [-0.4, -0.2) is 50.2 Å². The molecule has 1 fully saturated rings. The lowest BCUT2D eigenvalue weighted by atomic mass is 9.92. The maximum absolute atomic E-state index is 5.93. The van der Waals surface area contributed by atoms with Crippen molar-refractivity contribution in [1.29, 1.82) is 0 Å². The predicted molar refractivity (Wildman–Crippen MR) is 119 cm³/mol. The average molecular weight is 413 g/mol. The van der Waals surface area contributed by atoms with Crippen LogP contribution in [0.1, 0.15) is 25.8 Å². The number of rotatable bonds is 6. The number of methoxy groups -OCH3 is 2. The van der Waals surface area contributed by atoms with Crippen molar-refractivity contribution in [3.8, 4) is 23.1 Å². The molecule has 0 saturated carbocycles. The predicted octanol–water partition coefficient (Wildman–Crippen LogP) is 3.94. The molecule has 1 aromatic heterocycles. The zero-order chi connectivity index (χ0) is 21.5. The number of hydrogen-bond acceptors (Lipinski definition) is 5. The standard InChI is InChI=1S/C23H32N4O3/c1-16-11-17(2)15-27(14-16)23(24-3)26-13-18-9-10-21(25-12-18)30-22-19(28-4)7-6-8-20(22)29-5/h6-10,12,16-17H,11,13-15H2,1-5H3,(H,24,26). The Kier molecular flexibility index (Phi) is 7.38. The summed E-state index contributed by atoms with van der Waals surface area (Å²) in [5.41, 5.74) is 1.05. The number of aromatic nitrogens is 1. The van der Waals surface area contributed by atoms with E-state index < -0.39 is 0 Å². The maximum Gasteiger partial charge on any atom is 0.219 e. The van der Waals surface area contributed by atoms with Crippen molar-refractivity contribution in [2.45, 2.75) is 26.8 Å². The molecular weight excluding hydrogens is 380 g/mol. The molecule has 2 unspecified atom stereocenters. The fourth-order valence-electron chi connectivity index (χ4n) is 3.95. The number of aliphatic imine (C=N–C) groups is 1. The van der Waals surface area contributed by atoms with Gasteiger partial charge >= 0.3 is 0 Å². The molecule has 3 rings (SSSR count). The van der Waals surface area contributed by atoms with Crippen LogP contribution >= 0.6 is 0 Å². The minimum absolute atomic E-state index is 0.476. The molecule has 162 valence electrons. The molecule has 2 atom stereocenters. The van der Waals surface area contributed by atoms with Gasteiger partial charge in [-0.05, 0) is 36.0 Å². The van der Waals surface area contributed by atoms with E-state index in [1.54, 1.807) is 20.4 Å². The molecule has 7 nitrogen and oxygen atoms in total. The minimum Gasteiger partial charge on any atom is -0.493 e. The van der Waals surface area contributed by atoms with Crippen LogP contribution in [0, 0.1) is 11.8 Å². The Balaban J connectivity index is 1.62. The van der Waals surface area contributed by atoms with E-state index in [-0.39, 0.29) is 0 Å². The lowest BCUT2D eigenvalue weighted by Gasteiger charge is -2.37. The number of likely N-dealkylation sites (tertiary alicyclic amines) is 1. The Morgan fingerprint density at radius 2 is 1.77 bits per heavy atom. The van der Waals surface area contributed by atoms with Crippen molar-refractivity contribution in [2.75, 3.05) is 34.4 Å². The first-order valence-corrected chi connectivity index (χ1v) is 10.3. The van der Waals surface area contributed by atoms with Gasteiger partial charge in [0.2, 0.25) is 11.6 Å². The Morgan fingerprint density at radius 3 is 2.30 bits per heavy atom. The molecule has 30 heavy (non-hydrogen) atoms. The summed E-state index contributed by atoms with van der Waals surface area (Å²) in [7, 11) is 5.03. The van der Waals surface area contributed by atoms with Crippen LogP contribution in [0.25, 0.3) is 0 Å². The Labute approximate surface area is 179 Å². The van der Waals surface area contributed by atoms with Gasteiger partial charge in [0.15, 0.2) is 17.5 Å². The van der Waals surface area contributed by atoms with Gasteiger partial charge in [-0.3, -0.25) is 4.99 Å². The highest BCUT2D eigenvalue weighted by Crippen LogP contribution is 2.39. The van der Waals surface area contributed by atoms with E-state index >= 15 is 0 Å². The molecule has 0 aliphatic carbocycles. The quantitative estimate of drug-likeness (QED) is 0.572. The van der Waals surface area contributed by atoms with Gasteiger partial charge in [0, 0.05) is 38.9 Å². The summed E-state index contributed by atoms with van der Waals surface area (Å²) in [6.45, 7) is 7.33. The number of nitrogens with zero attached hydrogens (tertiary/aromatic N) is 3. The molecule has 1 N–H and O–H groups in total. The first-order valence-electron chi connectivity index (χ1n) is 10.3. The number of hydrogen-bond donors (Lipinski definition) is 1. The molecule has 0 amide bonds. The first-order chi connectivity index (χ1) is 14.5. The molecule has 2 aromatic rings. The van der Waals surface area contributed by atoms with Crippen LogP contribution in [0.3, 0.4) is 0 Å². The van der Waals surface area contributed by atoms with Crippen LogP contribution < -0.4 is 19.5 Å². The van der Waals surface area contributed by atoms with Gasteiger partial charge in [-0.1, -0.05) is 26.0 Å². The van der Waals surface area contributed by atoms with E-state index in [9.17, 15) is 0 Å². The SMILES string of the molecule is CN=C(NCc1ccc(Oc2c(OC)cccc2OC)nc1)N1CC(C)CC(C)C1. The van der Waals surface area contributed by atoms with Crippen LogP contribution in [0.5, 0.6) is 23.1 Å². The summed E-state index contributed by atoms with van der Waals surface area (Å²) >= 11 is 0. The largest absolute Gasteiger partial charge is 0.493 e. The van der Waals surface area contributed by atoms with E-state index in [1.807, 2.05) is 37.4 Å². The number of guanidine groups is 1. The maximum atomic E-state index is 5.93. The van der Waals surface area contributed by atoms with Crippen LogP contribution in [-0.2, 0) is 6.54 Å². The van der Waals surface area contributed by atoms with Gasteiger partial charge < -0.3 is 24.4 Å². The molecule has 0 radical (unpaired) electrons. The number of ether oxygens (including phenoxy) is 3. The Bertz CT molecular complexity index is 822. The second kappa shape index (κ2) is 10.2. The van der Waals surface area contributed by atoms with E-state index in [1.165, 1.54) is 6.42 Å². The van der Waals surface area contributed by atoms with E-state index in [0.717, 1.165) is 24.6 Å². The third kappa shape index (κ3) is 5.34. The summed E-state index contributed by atoms with van der Waals surface area (Å²) < 4.78 is 16.7. The Morgan fingerprint density at radius 1 is 1.10 bits per heavy atom. The highest BCUT2D eigenvalue weighted by Gasteiger charge is 2.24. The van der Waals surface area contributed by atoms with E-state index in [0.29, 0.717) is 41.5 Å². The number of benzene rings is 1. The monoisotopic (exact) mass is 412 g/mol. The fraction of sp³-hybridized carbons (Fsp3) is 0.478. The topological polar surface area (TPSA) is 68.2 Å². The smallest absolute Gasteiger partial charge is 0.219 e. The summed E-state index contributed by atoms with van der Waals surface area (Å²) in [5.74, 6) is 4.47. The van der Waals surface area contributed by atoms with Crippen molar-refractivity contribution in [2.24, 2.45) is 16.8 Å². The lowest BCUT2D eigenvalue weighted by molar-refractivity contribution is 0.208. The lowest BCUT2D eigenvalue weighted by Crippen LogP contribution is -2.48. The van der Waals surface area contributed by atoms with Gasteiger partial charge in [-0.2, -0.15) is 0 Å². The molecule has 7 heteroatoms. The van der Waals surface area contributed by atoms with E-state index in [2.05, 4.69) is 34.0 Å². The van der Waals surface area contributed by atoms with Gasteiger partial charge in [0.1, 0.15) is 0 Å². The summed E-state index contributed by atoms with van der Waals surface area (Å²) in [6.07, 6.45) is 3.08. The highest BCUT2D eigenvalue weighted by atomic mass is 16.5. The summed E-state index contributed by atoms with van der Waals surface area (Å²) in [4.78, 5) is 11.2. The molecule has 1 aliphatic heterocycles. The highest BCUT2D eigenvalue weighted by molar-refractivity contribution is 5.80. The average Bonchev–Trinajstić information content (AvgIpc) is 2.74. The molecule has 1 aromatic carbocycles. The normalized spacial score (nSPS) is 19.4. The zero-order valence-corrected chi connectivity index (χ0v) is 18.5. The second-order valence-corrected chi connectivity index (χ2v) is 7.85. The molecule has 0 bridgehead atoms. The van der Waals surface area contributed by atoms with Gasteiger partial charge in [0.05, 0.1) is 14.2 Å². The number of para-hydroxylation sites is 1. The summed E-state index contributed by atoms with van der Waals surface area (Å²) in [6, 6.07) is 9.33. The minimum atomic E-state index is 0.476.